The van der Waals surface area contributed by atoms with Gasteiger partial charge in [0.2, 0.25) is 0 Å². The first-order chi connectivity index (χ1) is 18.6. The van der Waals surface area contributed by atoms with Crippen molar-refractivity contribution < 1.29 is 9.13 Å². The maximum Gasteiger partial charge on any atom is 0.137 e. The van der Waals surface area contributed by atoms with Crippen molar-refractivity contribution in [1.82, 2.24) is 24.4 Å². The van der Waals surface area contributed by atoms with E-state index in [0.717, 1.165) is 100 Å². The molecule has 5 heterocycles. The van der Waals surface area contributed by atoms with Crippen molar-refractivity contribution in [2.24, 2.45) is 5.41 Å². The summed E-state index contributed by atoms with van der Waals surface area (Å²) < 4.78 is 21.5. The fourth-order valence-electron chi connectivity index (χ4n) is 6.36. The van der Waals surface area contributed by atoms with Crippen molar-refractivity contribution in [3.05, 3.63) is 54.0 Å². The molecular weight excluding hydrogens is 481 g/mol. The zero-order valence-corrected chi connectivity index (χ0v) is 22.5. The van der Waals surface area contributed by atoms with Crippen molar-refractivity contribution in [2.75, 3.05) is 63.2 Å². The highest BCUT2D eigenvalue weighted by atomic mass is 19.1. The lowest BCUT2D eigenvalue weighted by atomic mass is 9.85. The maximum atomic E-state index is 13.6. The molecule has 202 valence electrons. The number of nitrogens with zero attached hydrogens (tertiary/aromatic N) is 6. The van der Waals surface area contributed by atoms with Crippen LogP contribution in [-0.2, 0) is 17.7 Å². The third-order valence-corrected chi connectivity index (χ3v) is 8.61. The molecule has 1 aromatic carbocycles. The number of halogens is 1. The summed E-state index contributed by atoms with van der Waals surface area (Å²) in [7, 11) is 1.91. The number of rotatable bonds is 8. The number of hydrogen-bond acceptors (Lipinski definition) is 7. The number of aromatic nitrogens is 4. The smallest absolute Gasteiger partial charge is 0.137 e. The molecule has 2 aromatic heterocycles. The number of benzene rings is 1. The van der Waals surface area contributed by atoms with Crippen LogP contribution in [0.15, 0.2) is 36.8 Å². The van der Waals surface area contributed by atoms with Gasteiger partial charge in [-0.05, 0) is 56.5 Å². The van der Waals surface area contributed by atoms with Gasteiger partial charge in [-0.3, -0.25) is 0 Å². The quantitative estimate of drug-likeness (QED) is 0.479. The molecule has 0 radical (unpaired) electrons. The summed E-state index contributed by atoms with van der Waals surface area (Å²) in [6.45, 7) is 10.1. The highest BCUT2D eigenvalue weighted by Crippen LogP contribution is 2.38. The Bertz CT molecular complexity index is 1250. The van der Waals surface area contributed by atoms with Crippen LogP contribution in [0.5, 0.6) is 0 Å². The predicted octanol–water partition coefficient (Wildman–Crippen LogP) is 4.19. The molecule has 8 nitrogen and oxygen atoms in total. The van der Waals surface area contributed by atoms with E-state index >= 15 is 0 Å². The molecule has 3 aliphatic rings. The minimum absolute atomic E-state index is 0.221. The number of likely N-dealkylation sites (tertiary alicyclic amines) is 1. The summed E-state index contributed by atoms with van der Waals surface area (Å²) in [5.41, 5.74) is 3.46. The second kappa shape index (κ2) is 10.6. The molecule has 0 amide bonds. The first-order valence-electron chi connectivity index (χ1n) is 14.0. The van der Waals surface area contributed by atoms with Crippen molar-refractivity contribution in [3.8, 4) is 11.3 Å². The molecule has 3 fully saturated rings. The molecule has 38 heavy (non-hydrogen) atoms. The van der Waals surface area contributed by atoms with Gasteiger partial charge in [-0.25, -0.2) is 19.3 Å². The number of piperidine rings is 1. The van der Waals surface area contributed by atoms with E-state index in [1.54, 1.807) is 6.33 Å². The van der Waals surface area contributed by atoms with Crippen LogP contribution in [-0.4, -0.2) is 77.4 Å². The van der Waals surface area contributed by atoms with Gasteiger partial charge in [-0.1, -0.05) is 6.92 Å². The van der Waals surface area contributed by atoms with Crippen LogP contribution in [0.25, 0.3) is 11.3 Å². The Balaban J connectivity index is 1.20. The molecular formula is C29H38FN7O. The summed E-state index contributed by atoms with van der Waals surface area (Å²) >= 11 is 0. The molecule has 3 aliphatic heterocycles. The number of nitrogens with one attached hydrogen (secondary N) is 1. The number of ether oxygens (including phenoxy) is 1. The SMILES string of the molecule is CCc1c(NC)ncnc1N1CCC(c2nc(-c3ccc(F)cc3)cn2CCN2CCC3(COC3)C2)CC1. The highest BCUT2D eigenvalue weighted by molar-refractivity contribution is 5.60. The predicted molar refractivity (Wildman–Crippen MR) is 147 cm³/mol. The summed E-state index contributed by atoms with van der Waals surface area (Å²) in [4.78, 5) is 19.2. The van der Waals surface area contributed by atoms with Gasteiger partial charge in [0.05, 0.1) is 18.9 Å². The van der Waals surface area contributed by atoms with Crippen LogP contribution in [0.1, 0.15) is 43.5 Å². The summed E-state index contributed by atoms with van der Waals surface area (Å²) in [5, 5.41) is 3.21. The van der Waals surface area contributed by atoms with Gasteiger partial charge in [-0.2, -0.15) is 0 Å². The fraction of sp³-hybridized carbons (Fsp3) is 0.552. The third-order valence-electron chi connectivity index (χ3n) is 8.61. The van der Waals surface area contributed by atoms with Gasteiger partial charge < -0.3 is 24.4 Å². The lowest BCUT2D eigenvalue weighted by Gasteiger charge is -2.38. The number of anilines is 2. The van der Waals surface area contributed by atoms with Crippen LogP contribution in [0, 0.1) is 11.2 Å². The number of hydrogen-bond donors (Lipinski definition) is 1. The van der Waals surface area contributed by atoms with Gasteiger partial charge in [0, 0.05) is 68.4 Å². The molecule has 9 heteroatoms. The fourth-order valence-corrected chi connectivity index (χ4v) is 6.36. The molecule has 3 saturated heterocycles. The Morgan fingerprint density at radius 1 is 1.08 bits per heavy atom. The van der Waals surface area contributed by atoms with Crippen molar-refractivity contribution in [3.63, 3.8) is 0 Å². The minimum Gasteiger partial charge on any atom is -0.380 e. The average molecular weight is 520 g/mol. The highest BCUT2D eigenvalue weighted by Gasteiger charge is 2.44. The summed E-state index contributed by atoms with van der Waals surface area (Å²) in [6.07, 6.45) is 8.00. The first-order valence-corrected chi connectivity index (χ1v) is 14.0. The minimum atomic E-state index is -0.221. The van der Waals surface area contributed by atoms with Crippen molar-refractivity contribution >= 4 is 11.6 Å². The van der Waals surface area contributed by atoms with Crippen LogP contribution < -0.4 is 10.2 Å². The zero-order chi connectivity index (χ0) is 26.1. The van der Waals surface area contributed by atoms with Crippen LogP contribution >= 0.6 is 0 Å². The van der Waals surface area contributed by atoms with E-state index in [4.69, 9.17) is 9.72 Å². The normalized spacial score (nSPS) is 19.7. The van der Waals surface area contributed by atoms with Crippen molar-refractivity contribution in [1.29, 1.82) is 0 Å². The first kappa shape index (κ1) is 25.2. The van der Waals surface area contributed by atoms with Crippen LogP contribution in [0.2, 0.25) is 0 Å². The molecule has 1 N–H and O–H groups in total. The Hall–Kier alpha value is -3.04. The van der Waals surface area contributed by atoms with Gasteiger partial charge in [0.25, 0.3) is 0 Å². The topological polar surface area (TPSA) is 71.3 Å². The van der Waals surface area contributed by atoms with E-state index in [0.29, 0.717) is 11.3 Å². The van der Waals surface area contributed by atoms with Crippen LogP contribution in [0.4, 0.5) is 16.0 Å². The van der Waals surface area contributed by atoms with E-state index in [1.807, 2.05) is 19.2 Å². The maximum absolute atomic E-state index is 13.6. The molecule has 0 bridgehead atoms. The largest absolute Gasteiger partial charge is 0.380 e. The lowest BCUT2D eigenvalue weighted by molar-refractivity contribution is -0.105. The average Bonchev–Trinajstić information content (AvgIpc) is 3.57. The number of imidazole rings is 1. The Kier molecular flexibility index (Phi) is 7.05. The van der Waals surface area contributed by atoms with Crippen LogP contribution in [0.3, 0.4) is 0 Å². The van der Waals surface area contributed by atoms with E-state index in [1.165, 1.54) is 24.1 Å². The molecule has 0 unspecified atom stereocenters. The Morgan fingerprint density at radius 2 is 1.87 bits per heavy atom. The lowest BCUT2D eigenvalue weighted by Crippen LogP contribution is -2.44. The molecule has 6 rings (SSSR count). The van der Waals surface area contributed by atoms with E-state index in [-0.39, 0.29) is 5.82 Å². The summed E-state index contributed by atoms with van der Waals surface area (Å²) in [6, 6.07) is 6.69. The molecule has 1 spiro atoms. The standard InChI is InChI=1S/C29H38FN7O/c1-3-24-26(31-2)32-20-33-28(24)36-11-8-22(9-12-36)27-34-25(21-4-6-23(30)7-5-21)16-37(27)15-14-35-13-10-29(17-35)18-38-19-29/h4-7,16,20,22H,3,8-15,17-19H2,1-2H3,(H,31,32,33). The molecule has 3 aromatic rings. The van der Waals surface area contributed by atoms with Gasteiger partial charge in [0.15, 0.2) is 0 Å². The Morgan fingerprint density at radius 3 is 2.53 bits per heavy atom. The van der Waals surface area contributed by atoms with E-state index in [9.17, 15) is 4.39 Å². The summed E-state index contributed by atoms with van der Waals surface area (Å²) in [5.74, 6) is 3.27. The zero-order valence-electron chi connectivity index (χ0n) is 22.5. The van der Waals surface area contributed by atoms with Crippen molar-refractivity contribution in [2.45, 2.75) is 45.1 Å². The molecule has 0 atom stereocenters. The Labute approximate surface area is 224 Å². The van der Waals surface area contributed by atoms with E-state index in [2.05, 4.69) is 42.8 Å². The van der Waals surface area contributed by atoms with Gasteiger partial charge in [-0.15, -0.1) is 0 Å². The second-order valence-electron chi connectivity index (χ2n) is 11.1. The third kappa shape index (κ3) is 4.89. The monoisotopic (exact) mass is 519 g/mol. The second-order valence-corrected chi connectivity index (χ2v) is 11.1. The molecule has 0 saturated carbocycles. The molecule has 0 aliphatic carbocycles. The van der Waals surface area contributed by atoms with Gasteiger partial charge >= 0.3 is 0 Å². The van der Waals surface area contributed by atoms with Gasteiger partial charge in [0.1, 0.15) is 29.6 Å². The van der Waals surface area contributed by atoms with E-state index < -0.39 is 0 Å².